The van der Waals surface area contributed by atoms with Crippen LogP contribution < -0.4 is 10.1 Å². The number of amides is 1. The summed E-state index contributed by atoms with van der Waals surface area (Å²) in [6, 6.07) is 16.9. The Hall–Kier alpha value is -2.82. The number of benzene rings is 2. The second-order valence-electron chi connectivity index (χ2n) is 5.65. The molecule has 2 aromatic rings. The third-order valence-corrected chi connectivity index (χ3v) is 3.67. The Morgan fingerprint density at radius 3 is 2.44 bits per heavy atom. The summed E-state index contributed by atoms with van der Waals surface area (Å²) in [6.07, 6.45) is 0.229. The summed E-state index contributed by atoms with van der Waals surface area (Å²) < 4.78 is 10.5. The van der Waals surface area contributed by atoms with Gasteiger partial charge in [0.25, 0.3) is 5.91 Å². The van der Waals surface area contributed by atoms with Gasteiger partial charge in [0.15, 0.2) is 6.61 Å². The second-order valence-corrected chi connectivity index (χ2v) is 5.65. The zero-order valence-electron chi connectivity index (χ0n) is 14.5. The quantitative estimate of drug-likeness (QED) is 0.743. The Morgan fingerprint density at radius 2 is 1.72 bits per heavy atom. The lowest BCUT2D eigenvalue weighted by molar-refractivity contribution is -0.147. The molecule has 2 aromatic carbocycles. The number of nitrogens with one attached hydrogen (secondary N) is 1. The number of ether oxygens (including phenoxy) is 2. The Balaban J connectivity index is 1.81. The largest absolute Gasteiger partial charge is 0.492 e. The highest BCUT2D eigenvalue weighted by molar-refractivity contribution is 5.94. The van der Waals surface area contributed by atoms with Crippen molar-refractivity contribution in [3.63, 3.8) is 0 Å². The minimum atomic E-state index is -0.399. The third-order valence-electron chi connectivity index (χ3n) is 3.67. The molecule has 132 valence electrons. The smallest absolute Gasteiger partial charge is 0.306 e. The first-order valence-electron chi connectivity index (χ1n) is 8.32. The maximum absolute atomic E-state index is 12.0. The van der Waals surface area contributed by atoms with Gasteiger partial charge in [-0.05, 0) is 30.5 Å². The van der Waals surface area contributed by atoms with Crippen molar-refractivity contribution in [3.8, 4) is 5.75 Å². The molecule has 0 aliphatic heterocycles. The molecule has 1 N–H and O–H groups in total. The summed E-state index contributed by atoms with van der Waals surface area (Å²) in [7, 11) is 0. The standard InChI is InChI=1S/C20H23NO4/c1-3-24-18-12-8-7-11-17(18)21-19(22)14-25-20(23)13-15(2)16-9-5-4-6-10-16/h4-12,15H,3,13-14H2,1-2H3,(H,21,22)/t15-/m1/s1. The van der Waals surface area contributed by atoms with E-state index in [0.717, 1.165) is 5.56 Å². The molecule has 0 heterocycles. The zero-order chi connectivity index (χ0) is 18.1. The van der Waals surface area contributed by atoms with Crippen molar-refractivity contribution in [2.75, 3.05) is 18.5 Å². The Bertz CT molecular complexity index is 700. The first kappa shape index (κ1) is 18.5. The molecular weight excluding hydrogens is 318 g/mol. The summed E-state index contributed by atoms with van der Waals surface area (Å²) in [6.45, 7) is 4.00. The van der Waals surface area contributed by atoms with Crippen molar-refractivity contribution in [1.82, 2.24) is 0 Å². The molecule has 0 bridgehead atoms. The Labute approximate surface area is 148 Å². The molecule has 0 spiro atoms. The maximum Gasteiger partial charge on any atom is 0.306 e. The van der Waals surface area contributed by atoms with Crippen LogP contribution in [0.2, 0.25) is 0 Å². The molecule has 25 heavy (non-hydrogen) atoms. The predicted molar refractivity (Wildman–Crippen MR) is 96.7 cm³/mol. The van der Waals surface area contributed by atoms with Crippen LogP contribution in [-0.2, 0) is 14.3 Å². The highest BCUT2D eigenvalue weighted by atomic mass is 16.5. The Morgan fingerprint density at radius 1 is 1.04 bits per heavy atom. The van der Waals surface area contributed by atoms with E-state index in [9.17, 15) is 9.59 Å². The van der Waals surface area contributed by atoms with E-state index in [2.05, 4.69) is 5.32 Å². The van der Waals surface area contributed by atoms with Crippen molar-refractivity contribution in [2.45, 2.75) is 26.2 Å². The highest BCUT2D eigenvalue weighted by Gasteiger charge is 2.14. The summed E-state index contributed by atoms with van der Waals surface area (Å²) in [5, 5.41) is 2.69. The molecule has 1 atom stereocenters. The van der Waals surface area contributed by atoms with Crippen molar-refractivity contribution in [3.05, 3.63) is 60.2 Å². The van der Waals surface area contributed by atoms with E-state index in [1.807, 2.05) is 50.2 Å². The van der Waals surface area contributed by atoms with Gasteiger partial charge in [0.2, 0.25) is 0 Å². The first-order chi connectivity index (χ1) is 12.1. The van der Waals surface area contributed by atoms with Gasteiger partial charge in [-0.2, -0.15) is 0 Å². The second kappa shape index (κ2) is 9.47. The van der Waals surface area contributed by atoms with E-state index in [1.54, 1.807) is 18.2 Å². The van der Waals surface area contributed by atoms with Gasteiger partial charge in [0.05, 0.1) is 18.7 Å². The van der Waals surface area contributed by atoms with Crippen LogP contribution in [0.5, 0.6) is 5.75 Å². The summed E-state index contributed by atoms with van der Waals surface area (Å²) in [5.74, 6) is -0.171. The molecule has 0 saturated heterocycles. The molecule has 5 heteroatoms. The van der Waals surface area contributed by atoms with Gasteiger partial charge in [-0.1, -0.05) is 49.4 Å². The lowest BCUT2D eigenvalue weighted by Crippen LogP contribution is -2.21. The van der Waals surface area contributed by atoms with Crippen LogP contribution >= 0.6 is 0 Å². The van der Waals surface area contributed by atoms with Crippen molar-refractivity contribution in [1.29, 1.82) is 0 Å². The lowest BCUT2D eigenvalue weighted by atomic mass is 9.98. The molecule has 0 aliphatic carbocycles. The van der Waals surface area contributed by atoms with Crippen LogP contribution in [-0.4, -0.2) is 25.1 Å². The van der Waals surface area contributed by atoms with Gasteiger partial charge in [0.1, 0.15) is 5.75 Å². The maximum atomic E-state index is 12.0. The third kappa shape index (κ3) is 5.95. The fraction of sp³-hybridized carbons (Fsp3) is 0.300. The van der Waals surface area contributed by atoms with Crippen molar-refractivity contribution in [2.24, 2.45) is 0 Å². The number of hydrogen-bond donors (Lipinski definition) is 1. The minimum absolute atomic E-state index is 0.0374. The van der Waals surface area contributed by atoms with Gasteiger partial charge in [0, 0.05) is 0 Å². The molecule has 0 radical (unpaired) electrons. The summed E-state index contributed by atoms with van der Waals surface area (Å²) in [4.78, 5) is 23.9. The van der Waals surface area contributed by atoms with E-state index in [4.69, 9.17) is 9.47 Å². The fourth-order valence-corrected chi connectivity index (χ4v) is 2.39. The highest BCUT2D eigenvalue weighted by Crippen LogP contribution is 2.23. The molecule has 1 amide bonds. The number of hydrogen-bond acceptors (Lipinski definition) is 4. The minimum Gasteiger partial charge on any atom is -0.492 e. The Kier molecular flexibility index (Phi) is 7.01. The molecular formula is C20H23NO4. The topological polar surface area (TPSA) is 64.6 Å². The van der Waals surface area contributed by atoms with Crippen LogP contribution in [0.1, 0.15) is 31.7 Å². The van der Waals surface area contributed by atoms with Gasteiger partial charge in [-0.15, -0.1) is 0 Å². The molecule has 0 unspecified atom stereocenters. The van der Waals surface area contributed by atoms with Gasteiger partial charge in [-0.25, -0.2) is 0 Å². The van der Waals surface area contributed by atoms with Gasteiger partial charge < -0.3 is 14.8 Å². The number of rotatable bonds is 8. The van der Waals surface area contributed by atoms with Crippen LogP contribution in [0.15, 0.2) is 54.6 Å². The van der Waals surface area contributed by atoms with Crippen molar-refractivity contribution >= 4 is 17.6 Å². The fourth-order valence-electron chi connectivity index (χ4n) is 2.39. The molecule has 0 aromatic heterocycles. The average molecular weight is 341 g/mol. The molecule has 2 rings (SSSR count). The zero-order valence-corrected chi connectivity index (χ0v) is 14.5. The molecule has 5 nitrogen and oxygen atoms in total. The van der Waals surface area contributed by atoms with E-state index in [1.165, 1.54) is 0 Å². The number of para-hydroxylation sites is 2. The van der Waals surface area contributed by atoms with Crippen LogP contribution in [0.25, 0.3) is 0 Å². The van der Waals surface area contributed by atoms with Crippen LogP contribution in [0.4, 0.5) is 5.69 Å². The number of esters is 1. The lowest BCUT2D eigenvalue weighted by Gasteiger charge is -2.13. The van der Waals surface area contributed by atoms with E-state index < -0.39 is 11.9 Å². The summed E-state index contributed by atoms with van der Waals surface area (Å²) in [5.41, 5.74) is 1.62. The van der Waals surface area contributed by atoms with Crippen LogP contribution in [0, 0.1) is 0 Å². The van der Waals surface area contributed by atoms with Gasteiger partial charge >= 0.3 is 5.97 Å². The number of carbonyl (C=O) groups is 2. The van der Waals surface area contributed by atoms with E-state index in [0.29, 0.717) is 18.0 Å². The normalized spacial score (nSPS) is 11.4. The number of anilines is 1. The van der Waals surface area contributed by atoms with Crippen molar-refractivity contribution < 1.29 is 19.1 Å². The van der Waals surface area contributed by atoms with E-state index in [-0.39, 0.29) is 18.9 Å². The average Bonchev–Trinajstić information content (AvgIpc) is 2.62. The molecule has 0 fully saturated rings. The molecule has 0 saturated carbocycles. The van der Waals surface area contributed by atoms with Crippen LogP contribution in [0.3, 0.4) is 0 Å². The SMILES string of the molecule is CCOc1ccccc1NC(=O)COC(=O)C[C@@H](C)c1ccccc1. The number of carbonyl (C=O) groups excluding carboxylic acids is 2. The van der Waals surface area contributed by atoms with Gasteiger partial charge in [-0.3, -0.25) is 9.59 Å². The predicted octanol–water partition coefficient (Wildman–Crippen LogP) is 3.76. The first-order valence-corrected chi connectivity index (χ1v) is 8.32. The summed E-state index contributed by atoms with van der Waals surface area (Å²) >= 11 is 0. The van der Waals surface area contributed by atoms with E-state index >= 15 is 0 Å². The monoisotopic (exact) mass is 341 g/mol. The molecule has 0 aliphatic rings.